The lowest BCUT2D eigenvalue weighted by Gasteiger charge is -2.12. The summed E-state index contributed by atoms with van der Waals surface area (Å²) >= 11 is 6.02. The highest BCUT2D eigenvalue weighted by Crippen LogP contribution is 2.33. The Morgan fingerprint density at radius 2 is 1.83 bits per heavy atom. The molecule has 0 atom stereocenters. The Morgan fingerprint density at radius 3 is 2.57 bits per heavy atom. The number of pyridine rings is 2. The number of aromatic nitrogens is 2. The van der Waals surface area contributed by atoms with Gasteiger partial charge in [-0.2, -0.15) is 13.2 Å². The number of fused-ring (bicyclic) bond motifs is 1. The van der Waals surface area contributed by atoms with E-state index >= 15 is 0 Å². The number of anilines is 2. The van der Waals surface area contributed by atoms with Crippen molar-refractivity contribution in [3.63, 3.8) is 0 Å². The van der Waals surface area contributed by atoms with E-state index in [-0.39, 0.29) is 5.82 Å². The molecule has 0 saturated heterocycles. The van der Waals surface area contributed by atoms with Crippen LogP contribution in [0.5, 0.6) is 0 Å². The van der Waals surface area contributed by atoms with Crippen molar-refractivity contribution >= 4 is 34.1 Å². The summed E-state index contributed by atoms with van der Waals surface area (Å²) in [5, 5.41) is 3.58. The fourth-order valence-electron chi connectivity index (χ4n) is 2.05. The Kier molecular flexibility index (Phi) is 3.81. The summed E-state index contributed by atoms with van der Waals surface area (Å²) in [6.45, 7) is 0. The Hall–Kier alpha value is -2.41. The number of alkyl halides is 3. The van der Waals surface area contributed by atoms with E-state index in [0.29, 0.717) is 16.6 Å². The number of hydrogen-bond donors (Lipinski definition) is 1. The van der Waals surface area contributed by atoms with Crippen molar-refractivity contribution in [2.75, 3.05) is 5.32 Å². The molecule has 0 radical (unpaired) electrons. The molecule has 1 N–H and O–H groups in total. The SMILES string of the molecule is Fc1c(C(F)(F)F)ccnc1Nc1ccc2cccc(Cl)c2n1. The van der Waals surface area contributed by atoms with E-state index in [9.17, 15) is 17.6 Å². The zero-order chi connectivity index (χ0) is 16.6. The van der Waals surface area contributed by atoms with Crippen molar-refractivity contribution in [1.29, 1.82) is 0 Å². The van der Waals surface area contributed by atoms with Gasteiger partial charge in [0.05, 0.1) is 16.1 Å². The molecule has 0 aliphatic rings. The van der Waals surface area contributed by atoms with Gasteiger partial charge in [-0.25, -0.2) is 14.4 Å². The maximum Gasteiger partial charge on any atom is 0.419 e. The molecule has 0 aliphatic carbocycles. The third-order valence-corrected chi connectivity index (χ3v) is 3.42. The average Bonchev–Trinajstić information content (AvgIpc) is 2.49. The number of hydrogen-bond acceptors (Lipinski definition) is 3. The van der Waals surface area contributed by atoms with Crippen LogP contribution in [0.2, 0.25) is 5.02 Å². The molecule has 0 saturated carbocycles. The molecule has 3 nitrogen and oxygen atoms in total. The second kappa shape index (κ2) is 5.66. The molecule has 1 aromatic carbocycles. The van der Waals surface area contributed by atoms with Crippen LogP contribution >= 0.6 is 11.6 Å². The monoisotopic (exact) mass is 341 g/mol. The summed E-state index contributed by atoms with van der Waals surface area (Å²) in [4.78, 5) is 7.76. The molecule has 118 valence electrons. The van der Waals surface area contributed by atoms with Gasteiger partial charge < -0.3 is 5.32 Å². The van der Waals surface area contributed by atoms with E-state index < -0.39 is 23.4 Å². The van der Waals surface area contributed by atoms with Crippen molar-refractivity contribution in [2.45, 2.75) is 6.18 Å². The molecule has 0 spiro atoms. The van der Waals surface area contributed by atoms with Gasteiger partial charge in [-0.15, -0.1) is 0 Å². The van der Waals surface area contributed by atoms with Gasteiger partial charge in [0.15, 0.2) is 11.6 Å². The van der Waals surface area contributed by atoms with Crippen LogP contribution in [0.1, 0.15) is 5.56 Å². The van der Waals surface area contributed by atoms with Crippen molar-refractivity contribution in [3.8, 4) is 0 Å². The molecule has 2 aromatic heterocycles. The van der Waals surface area contributed by atoms with Crippen LogP contribution in [0.25, 0.3) is 10.9 Å². The van der Waals surface area contributed by atoms with Gasteiger partial charge in [-0.05, 0) is 24.3 Å². The van der Waals surface area contributed by atoms with E-state index in [2.05, 4.69) is 15.3 Å². The van der Waals surface area contributed by atoms with Gasteiger partial charge >= 0.3 is 6.18 Å². The largest absolute Gasteiger partial charge is 0.419 e. The predicted molar refractivity (Wildman–Crippen MR) is 79.2 cm³/mol. The number of benzene rings is 1. The van der Waals surface area contributed by atoms with Crippen molar-refractivity contribution in [1.82, 2.24) is 9.97 Å². The Labute approximate surface area is 132 Å². The second-order valence-corrected chi connectivity index (χ2v) is 5.06. The third-order valence-electron chi connectivity index (χ3n) is 3.11. The van der Waals surface area contributed by atoms with Crippen LogP contribution in [-0.4, -0.2) is 9.97 Å². The molecular weight excluding hydrogens is 334 g/mol. The van der Waals surface area contributed by atoms with Gasteiger partial charge in [0.25, 0.3) is 0 Å². The maximum absolute atomic E-state index is 13.9. The minimum atomic E-state index is -4.80. The topological polar surface area (TPSA) is 37.8 Å². The Bertz CT molecular complexity index is 880. The van der Waals surface area contributed by atoms with Gasteiger partial charge in [0.1, 0.15) is 5.82 Å². The van der Waals surface area contributed by atoms with E-state index in [4.69, 9.17) is 11.6 Å². The summed E-state index contributed by atoms with van der Waals surface area (Å²) in [7, 11) is 0. The predicted octanol–water partition coefficient (Wildman–Crippen LogP) is 5.18. The number of halogens is 5. The van der Waals surface area contributed by atoms with E-state index in [0.717, 1.165) is 11.6 Å². The van der Waals surface area contributed by atoms with E-state index in [1.165, 1.54) is 6.07 Å². The number of para-hydroxylation sites is 1. The first-order valence-electron chi connectivity index (χ1n) is 6.40. The summed E-state index contributed by atoms with van der Waals surface area (Å²) < 4.78 is 52.0. The van der Waals surface area contributed by atoms with Crippen LogP contribution in [0.3, 0.4) is 0 Å². The third kappa shape index (κ3) is 3.05. The van der Waals surface area contributed by atoms with Crippen LogP contribution in [0, 0.1) is 5.82 Å². The number of nitrogens with one attached hydrogen (secondary N) is 1. The fraction of sp³-hybridized carbons (Fsp3) is 0.0667. The molecule has 8 heteroatoms. The first-order chi connectivity index (χ1) is 10.9. The maximum atomic E-state index is 13.9. The molecule has 0 amide bonds. The van der Waals surface area contributed by atoms with E-state index in [1.807, 2.05) is 0 Å². The highest BCUT2D eigenvalue weighted by Gasteiger charge is 2.35. The van der Waals surface area contributed by atoms with Crippen LogP contribution in [0.15, 0.2) is 42.6 Å². The first-order valence-corrected chi connectivity index (χ1v) is 6.78. The zero-order valence-electron chi connectivity index (χ0n) is 11.3. The fourth-order valence-corrected chi connectivity index (χ4v) is 2.28. The lowest BCUT2D eigenvalue weighted by Crippen LogP contribution is -2.11. The highest BCUT2D eigenvalue weighted by molar-refractivity contribution is 6.35. The lowest BCUT2D eigenvalue weighted by atomic mass is 10.2. The minimum absolute atomic E-state index is 0.135. The van der Waals surface area contributed by atoms with Gasteiger partial charge in [-0.1, -0.05) is 23.7 Å². The summed E-state index contributed by atoms with van der Waals surface area (Å²) in [5.41, 5.74) is -0.944. The van der Waals surface area contributed by atoms with Crippen molar-refractivity contribution in [2.24, 2.45) is 0 Å². The summed E-state index contributed by atoms with van der Waals surface area (Å²) in [5.74, 6) is -1.91. The van der Waals surface area contributed by atoms with Crippen LogP contribution in [0.4, 0.5) is 29.2 Å². The number of rotatable bonds is 2. The standard InChI is InChI=1S/C15H8ClF4N3/c16-10-3-1-2-8-4-5-11(22-13(8)10)23-14-12(17)9(6-7-21-14)15(18,19)20/h1-7H,(H,21,22,23). The molecule has 23 heavy (non-hydrogen) atoms. The molecule has 3 aromatic rings. The molecule has 3 rings (SSSR count). The van der Waals surface area contributed by atoms with Crippen molar-refractivity contribution < 1.29 is 17.6 Å². The van der Waals surface area contributed by atoms with E-state index in [1.54, 1.807) is 24.3 Å². The Morgan fingerprint density at radius 1 is 1.04 bits per heavy atom. The molecule has 0 bridgehead atoms. The second-order valence-electron chi connectivity index (χ2n) is 4.65. The lowest BCUT2D eigenvalue weighted by molar-refractivity contribution is -0.140. The first kappa shape index (κ1) is 15.5. The summed E-state index contributed by atoms with van der Waals surface area (Å²) in [6.07, 6.45) is -3.92. The quantitative estimate of drug-likeness (QED) is 0.652. The molecule has 0 unspecified atom stereocenters. The Balaban J connectivity index is 2.01. The molecule has 0 fully saturated rings. The zero-order valence-corrected chi connectivity index (χ0v) is 12.1. The number of nitrogens with zero attached hydrogens (tertiary/aromatic N) is 2. The highest BCUT2D eigenvalue weighted by atomic mass is 35.5. The van der Waals surface area contributed by atoms with Gasteiger partial charge in [-0.3, -0.25) is 0 Å². The molecule has 0 aliphatic heterocycles. The average molecular weight is 342 g/mol. The molecular formula is C15H8ClF4N3. The summed E-state index contributed by atoms with van der Waals surface area (Å²) in [6, 6.07) is 8.89. The van der Waals surface area contributed by atoms with Crippen molar-refractivity contribution in [3.05, 3.63) is 59.0 Å². The van der Waals surface area contributed by atoms with Gasteiger partial charge in [0, 0.05) is 11.6 Å². The smallest absolute Gasteiger partial charge is 0.322 e. The van der Waals surface area contributed by atoms with Crippen LogP contribution in [-0.2, 0) is 6.18 Å². The minimum Gasteiger partial charge on any atom is -0.322 e. The van der Waals surface area contributed by atoms with Gasteiger partial charge in [0.2, 0.25) is 0 Å². The molecule has 2 heterocycles. The normalized spacial score (nSPS) is 11.7. The van der Waals surface area contributed by atoms with Crippen LogP contribution < -0.4 is 5.32 Å².